The Bertz CT molecular complexity index is 3330. The Kier molecular flexibility index (Phi) is 9.57. The lowest BCUT2D eigenvalue weighted by atomic mass is 9.86. The summed E-state index contributed by atoms with van der Waals surface area (Å²) in [7, 11) is 0. The molecule has 2 nitrogen and oxygen atoms in total. The maximum atomic E-state index is 6.57. The van der Waals surface area contributed by atoms with E-state index in [-0.39, 0.29) is 0 Å². The number of fused-ring (bicyclic) bond motifs is 3. The summed E-state index contributed by atoms with van der Waals surface area (Å²) in [5.41, 5.74) is 18.8. The third-order valence-corrected chi connectivity index (χ3v) is 11.9. The predicted octanol–water partition coefficient (Wildman–Crippen LogP) is 17.1. The molecule has 0 aliphatic rings. The Morgan fingerprint density at radius 1 is 0.258 bits per heavy atom. The highest BCUT2D eigenvalue weighted by molar-refractivity contribution is 6.10. The summed E-state index contributed by atoms with van der Waals surface area (Å²) in [6.45, 7) is 0. The molecule has 0 saturated carbocycles. The smallest absolute Gasteiger partial charge is 0.143 e. The molecule has 2 heteroatoms. The molecule has 0 bridgehead atoms. The van der Waals surface area contributed by atoms with Gasteiger partial charge in [-0.05, 0) is 98.1 Å². The van der Waals surface area contributed by atoms with E-state index in [2.05, 4.69) is 241 Å². The van der Waals surface area contributed by atoms with Crippen molar-refractivity contribution >= 4 is 39.0 Å². The fourth-order valence-electron chi connectivity index (χ4n) is 8.94. The number of rotatable bonds is 9. The molecule has 0 saturated heterocycles. The summed E-state index contributed by atoms with van der Waals surface area (Å²) in [6.07, 6.45) is 0. The van der Waals surface area contributed by atoms with E-state index >= 15 is 0 Å². The first-order valence-corrected chi connectivity index (χ1v) is 21.2. The molecule has 292 valence electrons. The van der Waals surface area contributed by atoms with Crippen LogP contribution in [0.3, 0.4) is 0 Å². The van der Waals surface area contributed by atoms with Crippen molar-refractivity contribution in [3.05, 3.63) is 249 Å². The lowest BCUT2D eigenvalue weighted by molar-refractivity contribution is 0.670. The maximum Gasteiger partial charge on any atom is 0.143 e. The molecule has 11 rings (SSSR count). The Labute approximate surface area is 362 Å². The van der Waals surface area contributed by atoms with Crippen LogP contribution in [0.4, 0.5) is 17.1 Å². The van der Waals surface area contributed by atoms with E-state index < -0.39 is 0 Å². The predicted molar refractivity (Wildman–Crippen MR) is 261 cm³/mol. The van der Waals surface area contributed by atoms with Crippen LogP contribution in [-0.4, -0.2) is 0 Å². The summed E-state index contributed by atoms with van der Waals surface area (Å²) in [4.78, 5) is 2.41. The van der Waals surface area contributed by atoms with Gasteiger partial charge in [0.25, 0.3) is 0 Å². The van der Waals surface area contributed by atoms with Gasteiger partial charge in [0.15, 0.2) is 0 Å². The number of hydrogen-bond donors (Lipinski definition) is 0. The number of benzene rings is 10. The molecule has 0 aliphatic carbocycles. The monoisotopic (exact) mass is 791 g/mol. The van der Waals surface area contributed by atoms with E-state index in [1.54, 1.807) is 0 Å². The van der Waals surface area contributed by atoms with Crippen molar-refractivity contribution in [1.29, 1.82) is 0 Å². The summed E-state index contributed by atoms with van der Waals surface area (Å²) in [6, 6.07) is 89.1. The van der Waals surface area contributed by atoms with Crippen molar-refractivity contribution in [3.8, 4) is 66.8 Å². The molecule has 0 unspecified atom stereocenters. The molecule has 0 amide bonds. The molecule has 0 fully saturated rings. The van der Waals surface area contributed by atoms with Gasteiger partial charge in [-0.25, -0.2) is 0 Å². The van der Waals surface area contributed by atoms with Crippen LogP contribution in [-0.2, 0) is 0 Å². The summed E-state index contributed by atoms with van der Waals surface area (Å²) < 4.78 is 6.57. The van der Waals surface area contributed by atoms with Crippen LogP contribution in [0.15, 0.2) is 253 Å². The molecule has 11 aromatic rings. The second-order valence-electron chi connectivity index (χ2n) is 15.6. The second kappa shape index (κ2) is 16.1. The first kappa shape index (κ1) is 36.8. The van der Waals surface area contributed by atoms with Gasteiger partial charge in [-0.2, -0.15) is 0 Å². The molecule has 1 heterocycles. The highest BCUT2D eigenvalue weighted by Gasteiger charge is 2.22. The van der Waals surface area contributed by atoms with Gasteiger partial charge in [0, 0.05) is 33.3 Å². The third kappa shape index (κ3) is 6.84. The molecular weight excluding hydrogens is 751 g/mol. The minimum atomic E-state index is 0.891. The van der Waals surface area contributed by atoms with Gasteiger partial charge in [0.1, 0.15) is 11.2 Å². The number of hydrogen-bond acceptors (Lipinski definition) is 2. The highest BCUT2D eigenvalue weighted by atomic mass is 16.3. The minimum absolute atomic E-state index is 0.891. The van der Waals surface area contributed by atoms with Crippen LogP contribution in [0.2, 0.25) is 0 Å². The van der Waals surface area contributed by atoms with Gasteiger partial charge in [0.05, 0.1) is 5.69 Å². The van der Waals surface area contributed by atoms with E-state index in [9.17, 15) is 0 Å². The normalized spacial score (nSPS) is 11.2. The number of furan rings is 1. The van der Waals surface area contributed by atoms with E-state index in [1.165, 1.54) is 38.9 Å². The van der Waals surface area contributed by atoms with Gasteiger partial charge >= 0.3 is 0 Å². The van der Waals surface area contributed by atoms with Crippen molar-refractivity contribution < 1.29 is 4.42 Å². The van der Waals surface area contributed by atoms with Crippen LogP contribution in [0.1, 0.15) is 0 Å². The number of anilines is 3. The van der Waals surface area contributed by atoms with E-state index in [1.807, 2.05) is 12.1 Å². The highest BCUT2D eigenvalue weighted by Crippen LogP contribution is 2.47. The molecule has 10 aromatic carbocycles. The van der Waals surface area contributed by atoms with E-state index in [4.69, 9.17) is 4.42 Å². The zero-order valence-electron chi connectivity index (χ0n) is 34.0. The average Bonchev–Trinajstić information content (AvgIpc) is 3.74. The van der Waals surface area contributed by atoms with Crippen LogP contribution < -0.4 is 4.90 Å². The van der Waals surface area contributed by atoms with E-state index in [0.29, 0.717) is 0 Å². The average molecular weight is 792 g/mol. The lowest BCUT2D eigenvalue weighted by Crippen LogP contribution is -2.11. The van der Waals surface area contributed by atoms with Crippen molar-refractivity contribution in [2.45, 2.75) is 0 Å². The van der Waals surface area contributed by atoms with Crippen LogP contribution in [0.5, 0.6) is 0 Å². The Balaban J connectivity index is 1.14. The molecular formula is C60H41NO. The van der Waals surface area contributed by atoms with Gasteiger partial charge in [-0.3, -0.25) is 0 Å². The van der Waals surface area contributed by atoms with Crippen LogP contribution in [0, 0.1) is 0 Å². The van der Waals surface area contributed by atoms with Gasteiger partial charge in [0.2, 0.25) is 0 Å². The molecule has 1 aromatic heterocycles. The van der Waals surface area contributed by atoms with Crippen molar-refractivity contribution in [3.63, 3.8) is 0 Å². The van der Waals surface area contributed by atoms with Gasteiger partial charge in [-0.1, -0.05) is 206 Å². The SMILES string of the molecule is c1ccc(-c2ccc(N(c3cccc(-c4cccc5c4oc4ccccc45)c3)c3ccccc3-c3cc(-c4ccccc4)ccc3-c3ccccc3-c3ccccc3)cc2)cc1. The van der Waals surface area contributed by atoms with Crippen molar-refractivity contribution in [2.24, 2.45) is 0 Å². The zero-order chi connectivity index (χ0) is 41.2. The minimum Gasteiger partial charge on any atom is -0.455 e. The topological polar surface area (TPSA) is 16.4 Å². The zero-order valence-corrected chi connectivity index (χ0v) is 34.0. The van der Waals surface area contributed by atoms with Crippen LogP contribution in [0.25, 0.3) is 88.7 Å². The first-order valence-electron chi connectivity index (χ1n) is 21.2. The van der Waals surface area contributed by atoms with Gasteiger partial charge in [-0.15, -0.1) is 0 Å². The standard InChI is InChI=1S/C60H41NO/c1-4-18-42(19-5-1)44-34-37-48(38-35-44)61(49-25-16-24-47(40-49)51-30-17-31-56-55-29-13-15-33-59(55)62-60(51)56)58-32-14-12-28-54(58)57-41-46(43-20-6-2-7-21-43)36-39-53(57)52-27-11-10-26-50(52)45-22-8-3-9-23-45/h1-41H. The largest absolute Gasteiger partial charge is 0.455 e. The van der Waals surface area contributed by atoms with Crippen molar-refractivity contribution in [1.82, 2.24) is 0 Å². The summed E-state index contributed by atoms with van der Waals surface area (Å²) >= 11 is 0. The quantitative estimate of drug-likeness (QED) is 0.145. The maximum absolute atomic E-state index is 6.57. The molecule has 0 aliphatic heterocycles. The fourth-order valence-corrected chi connectivity index (χ4v) is 8.94. The van der Waals surface area contributed by atoms with Crippen molar-refractivity contribution in [2.75, 3.05) is 4.90 Å². The first-order chi connectivity index (χ1) is 30.8. The summed E-state index contributed by atoms with van der Waals surface area (Å²) in [5.74, 6) is 0. The fraction of sp³-hybridized carbons (Fsp3) is 0. The number of para-hydroxylation sites is 3. The Hall–Kier alpha value is -8.20. The van der Waals surface area contributed by atoms with Crippen LogP contribution >= 0.6 is 0 Å². The number of nitrogens with zero attached hydrogens (tertiary/aromatic N) is 1. The molecule has 0 spiro atoms. The molecule has 62 heavy (non-hydrogen) atoms. The molecule has 0 atom stereocenters. The Morgan fingerprint density at radius 2 is 0.774 bits per heavy atom. The lowest BCUT2D eigenvalue weighted by Gasteiger charge is -2.29. The second-order valence-corrected chi connectivity index (χ2v) is 15.6. The summed E-state index contributed by atoms with van der Waals surface area (Å²) in [5, 5.41) is 2.24. The van der Waals surface area contributed by atoms with Gasteiger partial charge < -0.3 is 9.32 Å². The van der Waals surface area contributed by atoms with E-state index in [0.717, 1.165) is 66.8 Å². The molecule has 0 N–H and O–H groups in total. The molecule has 0 radical (unpaired) electrons. The Morgan fingerprint density at radius 3 is 1.53 bits per heavy atom. The third-order valence-electron chi connectivity index (χ3n) is 11.9.